The topological polar surface area (TPSA) is 68.2 Å². The van der Waals surface area contributed by atoms with Crippen molar-refractivity contribution in [3.8, 4) is 28.7 Å². The minimum absolute atomic E-state index is 0.116. The predicted octanol–water partition coefficient (Wildman–Crippen LogP) is 2.74. The minimum Gasteiger partial charge on any atom is -0.508 e. The van der Waals surface area contributed by atoms with Gasteiger partial charge in [0.25, 0.3) is 0 Å². The molecule has 2 rings (SSSR count). The van der Waals surface area contributed by atoms with E-state index in [1.165, 1.54) is 12.1 Å². The Bertz CT molecular complexity index is 610. The Morgan fingerprint density at radius 3 is 2.38 bits per heavy atom. The van der Waals surface area contributed by atoms with Crippen LogP contribution in [-0.4, -0.2) is 31.0 Å². The molecular formula is C16H18O5. The van der Waals surface area contributed by atoms with Crippen molar-refractivity contribution in [3.63, 3.8) is 0 Å². The number of phenols is 2. The SMILES string of the molecule is COc1cc(O)cc(CCOc2cc(O)ccc2OC)c1. The highest BCUT2D eigenvalue weighted by Gasteiger charge is 2.06. The Hall–Kier alpha value is -2.56. The van der Waals surface area contributed by atoms with Gasteiger partial charge in [0.15, 0.2) is 11.5 Å². The molecule has 0 bridgehead atoms. The first-order valence-electron chi connectivity index (χ1n) is 6.49. The van der Waals surface area contributed by atoms with E-state index in [0.29, 0.717) is 30.3 Å². The summed E-state index contributed by atoms with van der Waals surface area (Å²) >= 11 is 0. The van der Waals surface area contributed by atoms with E-state index in [0.717, 1.165) is 5.56 Å². The number of ether oxygens (including phenoxy) is 3. The van der Waals surface area contributed by atoms with Crippen LogP contribution in [0.4, 0.5) is 0 Å². The van der Waals surface area contributed by atoms with Crippen LogP contribution in [0, 0.1) is 0 Å². The van der Waals surface area contributed by atoms with Crippen LogP contribution in [0.5, 0.6) is 28.7 Å². The van der Waals surface area contributed by atoms with Crippen molar-refractivity contribution in [1.82, 2.24) is 0 Å². The van der Waals surface area contributed by atoms with E-state index < -0.39 is 0 Å². The fourth-order valence-electron chi connectivity index (χ4n) is 1.96. The van der Waals surface area contributed by atoms with Gasteiger partial charge in [-0.15, -0.1) is 0 Å². The number of rotatable bonds is 6. The molecule has 5 heteroatoms. The van der Waals surface area contributed by atoms with Crippen LogP contribution in [0.2, 0.25) is 0 Å². The average Bonchev–Trinajstić information content (AvgIpc) is 2.47. The monoisotopic (exact) mass is 290 g/mol. The molecule has 0 aliphatic carbocycles. The lowest BCUT2D eigenvalue weighted by atomic mass is 10.1. The van der Waals surface area contributed by atoms with Crippen molar-refractivity contribution in [2.24, 2.45) is 0 Å². The highest BCUT2D eigenvalue weighted by Crippen LogP contribution is 2.31. The first kappa shape index (κ1) is 14.8. The molecule has 2 aromatic carbocycles. The molecule has 0 aliphatic heterocycles. The molecular weight excluding hydrogens is 272 g/mol. The normalized spacial score (nSPS) is 10.2. The molecule has 0 fully saturated rings. The van der Waals surface area contributed by atoms with Crippen LogP contribution < -0.4 is 14.2 Å². The van der Waals surface area contributed by atoms with Gasteiger partial charge in [-0.1, -0.05) is 0 Å². The molecule has 0 aliphatic rings. The van der Waals surface area contributed by atoms with Crippen molar-refractivity contribution in [2.75, 3.05) is 20.8 Å². The zero-order chi connectivity index (χ0) is 15.2. The van der Waals surface area contributed by atoms with E-state index in [9.17, 15) is 10.2 Å². The molecule has 0 heterocycles. The van der Waals surface area contributed by atoms with E-state index in [4.69, 9.17) is 14.2 Å². The Kier molecular flexibility index (Phi) is 4.77. The molecule has 0 atom stereocenters. The number of benzene rings is 2. The Morgan fingerprint density at radius 2 is 1.67 bits per heavy atom. The molecule has 0 unspecified atom stereocenters. The zero-order valence-corrected chi connectivity index (χ0v) is 12.0. The van der Waals surface area contributed by atoms with Crippen molar-refractivity contribution in [2.45, 2.75) is 6.42 Å². The van der Waals surface area contributed by atoms with Gasteiger partial charge < -0.3 is 24.4 Å². The molecule has 0 saturated heterocycles. The standard InChI is InChI=1S/C16H18O5/c1-19-14-8-11(7-13(18)9-14)5-6-21-16-10-12(17)3-4-15(16)20-2/h3-4,7-10,17-18H,5-6H2,1-2H3. The average molecular weight is 290 g/mol. The second-order valence-corrected chi connectivity index (χ2v) is 4.47. The lowest BCUT2D eigenvalue weighted by Crippen LogP contribution is -2.03. The van der Waals surface area contributed by atoms with Gasteiger partial charge in [0.1, 0.15) is 17.2 Å². The Morgan fingerprint density at radius 1 is 0.857 bits per heavy atom. The molecule has 0 aromatic heterocycles. The van der Waals surface area contributed by atoms with Crippen LogP contribution in [0.1, 0.15) is 5.56 Å². The van der Waals surface area contributed by atoms with Crippen molar-refractivity contribution in [3.05, 3.63) is 42.0 Å². The minimum atomic E-state index is 0.116. The maximum Gasteiger partial charge on any atom is 0.164 e. The number of hydrogen-bond acceptors (Lipinski definition) is 5. The second-order valence-electron chi connectivity index (χ2n) is 4.47. The second kappa shape index (κ2) is 6.74. The quantitative estimate of drug-likeness (QED) is 0.856. The smallest absolute Gasteiger partial charge is 0.164 e. The summed E-state index contributed by atoms with van der Waals surface area (Å²) in [6.07, 6.45) is 0.587. The van der Waals surface area contributed by atoms with E-state index in [-0.39, 0.29) is 11.5 Å². The van der Waals surface area contributed by atoms with Gasteiger partial charge >= 0.3 is 0 Å². The molecule has 21 heavy (non-hydrogen) atoms. The fraction of sp³-hybridized carbons (Fsp3) is 0.250. The third kappa shape index (κ3) is 3.95. The maximum absolute atomic E-state index is 9.59. The molecule has 112 valence electrons. The van der Waals surface area contributed by atoms with E-state index in [2.05, 4.69) is 0 Å². The van der Waals surface area contributed by atoms with Crippen molar-refractivity contribution in [1.29, 1.82) is 0 Å². The first-order valence-corrected chi connectivity index (χ1v) is 6.49. The Balaban J connectivity index is 2.01. The number of phenolic OH excluding ortho intramolecular Hbond substituents is 2. The molecule has 0 spiro atoms. The molecule has 2 N–H and O–H groups in total. The summed E-state index contributed by atoms with van der Waals surface area (Å²) in [6, 6.07) is 9.71. The summed E-state index contributed by atoms with van der Waals surface area (Å²) < 4.78 is 15.9. The van der Waals surface area contributed by atoms with Crippen molar-refractivity contribution >= 4 is 0 Å². The Labute approximate surface area is 123 Å². The highest BCUT2D eigenvalue weighted by atomic mass is 16.5. The molecule has 0 amide bonds. The van der Waals surface area contributed by atoms with Gasteiger partial charge in [0, 0.05) is 18.6 Å². The summed E-state index contributed by atoms with van der Waals surface area (Å²) in [5.41, 5.74) is 0.894. The summed E-state index contributed by atoms with van der Waals surface area (Å²) in [4.78, 5) is 0. The molecule has 5 nitrogen and oxygen atoms in total. The predicted molar refractivity (Wildman–Crippen MR) is 78.5 cm³/mol. The number of methoxy groups -OCH3 is 2. The van der Waals surface area contributed by atoms with Crippen molar-refractivity contribution < 1.29 is 24.4 Å². The van der Waals surface area contributed by atoms with Crippen LogP contribution in [0.25, 0.3) is 0 Å². The lowest BCUT2D eigenvalue weighted by Gasteiger charge is -2.11. The summed E-state index contributed by atoms with van der Waals surface area (Å²) in [6.45, 7) is 0.381. The van der Waals surface area contributed by atoms with Gasteiger partial charge in [-0.25, -0.2) is 0 Å². The third-order valence-electron chi connectivity index (χ3n) is 2.98. The molecule has 0 saturated carbocycles. The summed E-state index contributed by atoms with van der Waals surface area (Å²) in [5.74, 6) is 1.90. The van der Waals surface area contributed by atoms with Gasteiger partial charge in [-0.3, -0.25) is 0 Å². The molecule has 0 radical (unpaired) electrons. The summed E-state index contributed by atoms with van der Waals surface area (Å²) in [7, 11) is 3.09. The van der Waals surface area contributed by atoms with Gasteiger partial charge in [0.05, 0.1) is 20.8 Å². The van der Waals surface area contributed by atoms with Crippen LogP contribution >= 0.6 is 0 Å². The van der Waals surface area contributed by atoms with E-state index >= 15 is 0 Å². The number of aromatic hydroxyl groups is 2. The summed E-state index contributed by atoms with van der Waals surface area (Å²) in [5, 5.41) is 19.1. The van der Waals surface area contributed by atoms with Gasteiger partial charge in [0.2, 0.25) is 0 Å². The largest absolute Gasteiger partial charge is 0.508 e. The highest BCUT2D eigenvalue weighted by molar-refractivity contribution is 5.45. The lowest BCUT2D eigenvalue weighted by molar-refractivity contribution is 0.295. The molecule has 2 aromatic rings. The zero-order valence-electron chi connectivity index (χ0n) is 12.0. The fourth-order valence-corrected chi connectivity index (χ4v) is 1.96. The number of hydrogen-bond donors (Lipinski definition) is 2. The maximum atomic E-state index is 9.59. The van der Waals surface area contributed by atoms with Gasteiger partial charge in [-0.05, 0) is 29.8 Å². The first-order chi connectivity index (χ1) is 10.1. The van der Waals surface area contributed by atoms with Crippen LogP contribution in [0.3, 0.4) is 0 Å². The van der Waals surface area contributed by atoms with Crippen LogP contribution in [0.15, 0.2) is 36.4 Å². The third-order valence-corrected chi connectivity index (χ3v) is 2.98. The van der Waals surface area contributed by atoms with Gasteiger partial charge in [-0.2, -0.15) is 0 Å². The van der Waals surface area contributed by atoms with Crippen LogP contribution in [-0.2, 0) is 6.42 Å². The van der Waals surface area contributed by atoms with E-state index in [1.54, 1.807) is 32.4 Å². The van der Waals surface area contributed by atoms with E-state index in [1.807, 2.05) is 6.07 Å².